The molecule has 2 aliphatic rings. The third kappa shape index (κ3) is 4.85. The molecule has 35 heavy (non-hydrogen) atoms. The molecule has 0 radical (unpaired) electrons. The Hall–Kier alpha value is -3.12. The maximum atomic E-state index is 13.7. The Kier molecular flexibility index (Phi) is 7.60. The summed E-state index contributed by atoms with van der Waals surface area (Å²) in [6.45, 7) is 4.08. The molecule has 184 valence electrons. The van der Waals surface area contributed by atoms with Crippen LogP contribution < -0.4 is 9.47 Å². The first-order chi connectivity index (χ1) is 16.9. The Labute approximate surface area is 210 Å². The highest BCUT2D eigenvalue weighted by Crippen LogP contribution is 2.50. The number of nitrogens with zero attached hydrogens (tertiary/aromatic N) is 1. The molecule has 4 rings (SSSR count). The minimum atomic E-state index is -0.725. The van der Waals surface area contributed by atoms with Crippen molar-refractivity contribution in [3.8, 4) is 11.5 Å². The highest BCUT2D eigenvalue weighted by molar-refractivity contribution is 6.30. The molecule has 1 heterocycles. The number of ketones is 1. The van der Waals surface area contributed by atoms with E-state index in [9.17, 15) is 9.59 Å². The van der Waals surface area contributed by atoms with Crippen LogP contribution in [-0.4, -0.2) is 38.3 Å². The minimum Gasteiger partial charge on any atom is -0.493 e. The Morgan fingerprint density at radius 3 is 2.49 bits per heavy atom. The van der Waals surface area contributed by atoms with Gasteiger partial charge in [-0.3, -0.25) is 14.6 Å². The molecule has 0 spiro atoms. The zero-order valence-electron chi connectivity index (χ0n) is 20.5. The summed E-state index contributed by atoms with van der Waals surface area (Å²) >= 11 is 6.07. The summed E-state index contributed by atoms with van der Waals surface area (Å²) in [5.41, 5.74) is 3.66. The SMILES string of the molecule is CCCOC(=O)C1C(C)=NC2=C(C(=O)CC(c3ccc(Cl)cc3)C2)C1c1cccc(OC)c1OC. The number of para-hydroxylation sites is 1. The Balaban J connectivity index is 1.84. The molecule has 3 unspecified atom stereocenters. The minimum absolute atomic E-state index is 0.00786. The van der Waals surface area contributed by atoms with E-state index in [1.807, 2.05) is 50.2 Å². The summed E-state index contributed by atoms with van der Waals surface area (Å²) in [6.07, 6.45) is 1.63. The van der Waals surface area contributed by atoms with Crippen LogP contribution in [-0.2, 0) is 14.3 Å². The molecular weight excluding hydrogens is 466 g/mol. The molecule has 2 aromatic carbocycles. The van der Waals surface area contributed by atoms with Crippen LogP contribution >= 0.6 is 11.6 Å². The number of allylic oxidation sites excluding steroid dienone is 2. The maximum absolute atomic E-state index is 13.7. The molecule has 0 bridgehead atoms. The molecule has 0 amide bonds. The van der Waals surface area contributed by atoms with Crippen LogP contribution in [0, 0.1) is 5.92 Å². The highest BCUT2D eigenvalue weighted by atomic mass is 35.5. The lowest BCUT2D eigenvalue weighted by molar-refractivity contribution is -0.146. The second kappa shape index (κ2) is 10.6. The summed E-state index contributed by atoms with van der Waals surface area (Å²) in [7, 11) is 3.12. The van der Waals surface area contributed by atoms with Gasteiger partial charge >= 0.3 is 5.97 Å². The van der Waals surface area contributed by atoms with E-state index in [2.05, 4.69) is 0 Å². The average Bonchev–Trinajstić information content (AvgIpc) is 2.86. The van der Waals surface area contributed by atoms with Crippen molar-refractivity contribution in [1.82, 2.24) is 0 Å². The molecule has 1 aliphatic carbocycles. The van der Waals surface area contributed by atoms with Crippen molar-refractivity contribution < 1.29 is 23.8 Å². The molecule has 1 aliphatic heterocycles. The molecule has 7 heteroatoms. The molecule has 0 fully saturated rings. The quantitative estimate of drug-likeness (QED) is 0.448. The van der Waals surface area contributed by atoms with Gasteiger partial charge < -0.3 is 14.2 Å². The van der Waals surface area contributed by atoms with Crippen LogP contribution in [0.5, 0.6) is 11.5 Å². The van der Waals surface area contributed by atoms with Crippen molar-refractivity contribution in [2.24, 2.45) is 10.9 Å². The van der Waals surface area contributed by atoms with Gasteiger partial charge in [0.15, 0.2) is 17.3 Å². The first-order valence-electron chi connectivity index (χ1n) is 11.8. The van der Waals surface area contributed by atoms with E-state index < -0.39 is 11.8 Å². The van der Waals surface area contributed by atoms with Crippen LogP contribution in [0.3, 0.4) is 0 Å². The number of methoxy groups -OCH3 is 2. The number of hydrogen-bond donors (Lipinski definition) is 0. The van der Waals surface area contributed by atoms with E-state index >= 15 is 0 Å². The zero-order valence-corrected chi connectivity index (χ0v) is 21.2. The molecule has 0 saturated carbocycles. The maximum Gasteiger partial charge on any atom is 0.315 e. The number of benzene rings is 2. The zero-order chi connectivity index (χ0) is 25.1. The summed E-state index contributed by atoms with van der Waals surface area (Å²) in [5, 5.41) is 0.654. The Bertz CT molecular complexity index is 1180. The predicted molar refractivity (Wildman–Crippen MR) is 136 cm³/mol. The number of Topliss-reactive ketones (excluding diaryl/α,β-unsaturated/α-hetero) is 1. The van der Waals surface area contributed by atoms with Crippen LogP contribution in [0.25, 0.3) is 0 Å². The lowest BCUT2D eigenvalue weighted by Crippen LogP contribution is -2.38. The fraction of sp³-hybridized carbons (Fsp3) is 0.393. The molecule has 0 aromatic heterocycles. The normalized spacial score (nSPS) is 21.8. The second-order valence-corrected chi connectivity index (χ2v) is 9.34. The third-order valence-corrected chi connectivity index (χ3v) is 6.95. The molecule has 6 nitrogen and oxygen atoms in total. The molecule has 3 atom stereocenters. The van der Waals surface area contributed by atoms with Gasteiger partial charge in [-0.25, -0.2) is 0 Å². The monoisotopic (exact) mass is 495 g/mol. The van der Waals surface area contributed by atoms with E-state index in [0.29, 0.717) is 64.9 Å². The van der Waals surface area contributed by atoms with Crippen molar-refractivity contribution in [2.45, 2.75) is 44.9 Å². The number of hydrogen-bond acceptors (Lipinski definition) is 6. The first-order valence-corrected chi connectivity index (χ1v) is 12.2. The van der Waals surface area contributed by atoms with Crippen LogP contribution in [0.1, 0.15) is 56.1 Å². The number of halogens is 1. The van der Waals surface area contributed by atoms with Crippen molar-refractivity contribution in [1.29, 1.82) is 0 Å². The standard InChI is InChI=1S/C28H30ClNO5/c1-5-13-35-28(32)24-16(2)30-21-14-18(17-9-11-19(29)12-10-17)15-22(31)26(21)25(24)20-7-6-8-23(33-3)27(20)34-4/h6-12,18,24-25H,5,13-15H2,1-4H3. The van der Waals surface area contributed by atoms with Crippen molar-refractivity contribution in [3.05, 3.63) is 69.9 Å². The van der Waals surface area contributed by atoms with E-state index in [1.165, 1.54) is 0 Å². The number of aliphatic imine (C=N–C) groups is 1. The summed E-state index contributed by atoms with van der Waals surface area (Å²) < 4.78 is 16.8. The average molecular weight is 496 g/mol. The van der Waals surface area contributed by atoms with Crippen molar-refractivity contribution >= 4 is 29.1 Å². The van der Waals surface area contributed by atoms with Crippen LogP contribution in [0.4, 0.5) is 0 Å². The summed E-state index contributed by atoms with van der Waals surface area (Å²) in [6, 6.07) is 13.1. The number of ether oxygens (including phenoxy) is 3. The van der Waals surface area contributed by atoms with Gasteiger partial charge in [-0.05, 0) is 49.4 Å². The van der Waals surface area contributed by atoms with E-state index in [-0.39, 0.29) is 17.7 Å². The smallest absolute Gasteiger partial charge is 0.315 e. The second-order valence-electron chi connectivity index (χ2n) is 8.90. The number of carbonyl (C=O) groups is 2. The van der Waals surface area contributed by atoms with E-state index in [1.54, 1.807) is 20.3 Å². The Morgan fingerprint density at radius 1 is 1.09 bits per heavy atom. The number of carbonyl (C=O) groups excluding carboxylic acids is 2. The van der Waals surface area contributed by atoms with Gasteiger partial charge in [-0.2, -0.15) is 0 Å². The topological polar surface area (TPSA) is 74.2 Å². The molecular formula is C28H30ClNO5. The van der Waals surface area contributed by atoms with Gasteiger partial charge in [0.2, 0.25) is 0 Å². The van der Waals surface area contributed by atoms with E-state index in [4.69, 9.17) is 30.8 Å². The van der Waals surface area contributed by atoms with Gasteiger partial charge in [0.1, 0.15) is 5.92 Å². The van der Waals surface area contributed by atoms with Crippen molar-refractivity contribution in [2.75, 3.05) is 20.8 Å². The molecule has 2 aromatic rings. The van der Waals surface area contributed by atoms with Gasteiger partial charge in [0.25, 0.3) is 0 Å². The molecule has 0 saturated heterocycles. The predicted octanol–water partition coefficient (Wildman–Crippen LogP) is 5.89. The fourth-order valence-corrected chi connectivity index (χ4v) is 5.25. The fourth-order valence-electron chi connectivity index (χ4n) is 5.12. The van der Waals surface area contributed by atoms with Crippen LogP contribution in [0.15, 0.2) is 58.7 Å². The number of esters is 1. The lowest BCUT2D eigenvalue weighted by atomic mass is 9.69. The third-order valence-electron chi connectivity index (χ3n) is 6.70. The summed E-state index contributed by atoms with van der Waals surface area (Å²) in [5.74, 6) is -0.676. The first kappa shape index (κ1) is 25.0. The van der Waals surface area contributed by atoms with Gasteiger partial charge in [0, 0.05) is 39.9 Å². The summed E-state index contributed by atoms with van der Waals surface area (Å²) in [4.78, 5) is 31.8. The van der Waals surface area contributed by atoms with Crippen LogP contribution in [0.2, 0.25) is 5.02 Å². The van der Waals surface area contributed by atoms with Gasteiger partial charge in [-0.1, -0.05) is 42.8 Å². The van der Waals surface area contributed by atoms with Crippen molar-refractivity contribution in [3.63, 3.8) is 0 Å². The lowest BCUT2D eigenvalue weighted by Gasteiger charge is -2.37. The van der Waals surface area contributed by atoms with E-state index in [0.717, 1.165) is 5.56 Å². The Morgan fingerprint density at radius 2 is 1.83 bits per heavy atom. The van der Waals surface area contributed by atoms with Gasteiger partial charge in [0.05, 0.1) is 20.8 Å². The highest BCUT2D eigenvalue weighted by Gasteiger charge is 2.46. The number of rotatable bonds is 7. The van der Waals surface area contributed by atoms with Gasteiger partial charge in [-0.15, -0.1) is 0 Å². The largest absolute Gasteiger partial charge is 0.493 e. The molecule has 0 N–H and O–H groups in total.